The van der Waals surface area contributed by atoms with Gasteiger partial charge in [-0.2, -0.15) is 4.98 Å². The molecule has 12 nitrogen and oxygen atoms in total. The Labute approximate surface area is 231 Å². The van der Waals surface area contributed by atoms with Crippen LogP contribution in [-0.2, 0) is 20.1 Å². The largest absolute Gasteiger partial charge is 0.341 e. The standard InChI is InChI=1S/C28H36N8O4/c1-18(2)10-12-35-23-24(30-26(35)33-11-6-8-20(29)16-33)32(4)28(40)36(25(23)38)17-22(37)19-7-5-9-21(15-19)34-14-13-31(3)27(34)39/h5,7,9-10,15,20H,6,8,11-14,16-17,29H2,1-4H3. The van der Waals surface area contributed by atoms with E-state index in [1.807, 2.05) is 24.5 Å². The SMILES string of the molecule is CC(C)=CCn1c(N2CCCC(N)C2)nc2c1c(=O)n(CC(=O)c1cccc(N3CCN(C)C3=O)c1)c(=O)n2C. The Morgan fingerprint density at radius 3 is 2.55 bits per heavy atom. The Kier molecular flexibility index (Phi) is 7.37. The van der Waals surface area contributed by atoms with Gasteiger partial charge >= 0.3 is 11.7 Å². The molecule has 2 saturated heterocycles. The van der Waals surface area contributed by atoms with Crippen molar-refractivity contribution in [1.29, 1.82) is 0 Å². The third kappa shape index (κ3) is 4.94. The van der Waals surface area contributed by atoms with Crippen LogP contribution in [0.3, 0.4) is 0 Å². The number of Topliss-reactive ketones (excluding diaryl/α,β-unsaturated/α-hetero) is 1. The average Bonchev–Trinajstić information content (AvgIpc) is 3.48. The first-order chi connectivity index (χ1) is 19.1. The number of piperidine rings is 1. The van der Waals surface area contributed by atoms with Gasteiger partial charge in [0.15, 0.2) is 16.9 Å². The normalized spacial score (nSPS) is 17.7. The van der Waals surface area contributed by atoms with E-state index in [2.05, 4.69) is 4.90 Å². The minimum atomic E-state index is -0.618. The highest BCUT2D eigenvalue weighted by Gasteiger charge is 2.28. The van der Waals surface area contributed by atoms with Gasteiger partial charge in [-0.15, -0.1) is 0 Å². The summed E-state index contributed by atoms with van der Waals surface area (Å²) in [6.45, 7) is 6.37. The number of hydrogen-bond donors (Lipinski definition) is 1. The lowest BCUT2D eigenvalue weighted by atomic mass is 10.1. The predicted molar refractivity (Wildman–Crippen MR) is 154 cm³/mol. The molecule has 0 bridgehead atoms. The molecule has 1 unspecified atom stereocenters. The van der Waals surface area contributed by atoms with Crippen LogP contribution in [0, 0.1) is 0 Å². The van der Waals surface area contributed by atoms with Crippen LogP contribution in [0.15, 0.2) is 45.5 Å². The Balaban J connectivity index is 1.56. The number of nitrogens with two attached hydrogens (primary N) is 1. The van der Waals surface area contributed by atoms with Gasteiger partial charge in [0.05, 0.1) is 6.54 Å². The second kappa shape index (κ2) is 10.8. The zero-order chi connectivity index (χ0) is 28.7. The summed E-state index contributed by atoms with van der Waals surface area (Å²) in [4.78, 5) is 63.1. The first-order valence-electron chi connectivity index (χ1n) is 13.6. The molecular weight excluding hydrogens is 512 g/mol. The molecule has 212 valence electrons. The van der Waals surface area contributed by atoms with Gasteiger partial charge in [0.1, 0.15) is 0 Å². The van der Waals surface area contributed by atoms with Crippen molar-refractivity contribution in [3.63, 3.8) is 0 Å². The van der Waals surface area contributed by atoms with E-state index < -0.39 is 23.6 Å². The quantitative estimate of drug-likeness (QED) is 0.350. The first-order valence-corrected chi connectivity index (χ1v) is 13.6. The molecule has 1 aromatic carbocycles. The summed E-state index contributed by atoms with van der Waals surface area (Å²) in [7, 11) is 3.29. The number of nitrogens with zero attached hydrogens (tertiary/aromatic N) is 7. The molecule has 2 aromatic heterocycles. The van der Waals surface area contributed by atoms with Crippen molar-refractivity contribution in [2.24, 2.45) is 12.8 Å². The Hall–Kier alpha value is -4.19. The molecule has 4 heterocycles. The topological polar surface area (TPSA) is 132 Å². The molecule has 3 aromatic rings. The van der Waals surface area contributed by atoms with E-state index in [1.165, 1.54) is 4.57 Å². The number of amides is 2. The highest BCUT2D eigenvalue weighted by molar-refractivity contribution is 5.99. The molecule has 5 rings (SSSR count). The van der Waals surface area contributed by atoms with Gasteiger partial charge in [0, 0.05) is 64.1 Å². The smallest absolute Gasteiger partial charge is 0.332 e. The van der Waals surface area contributed by atoms with E-state index >= 15 is 0 Å². The number of aryl methyl sites for hydroxylation is 1. The highest BCUT2D eigenvalue weighted by atomic mass is 16.2. The molecule has 2 aliphatic rings. The maximum atomic E-state index is 13.9. The molecule has 1 atom stereocenters. The number of likely N-dealkylation sites (N-methyl/N-ethyl adjacent to an activating group) is 1. The lowest BCUT2D eigenvalue weighted by Crippen LogP contribution is -2.44. The summed E-state index contributed by atoms with van der Waals surface area (Å²) in [6, 6.07) is 6.57. The first kappa shape index (κ1) is 27.4. The summed E-state index contributed by atoms with van der Waals surface area (Å²) in [6.07, 6.45) is 3.82. The van der Waals surface area contributed by atoms with Gasteiger partial charge in [-0.1, -0.05) is 23.8 Å². The van der Waals surface area contributed by atoms with Crippen LogP contribution in [0.4, 0.5) is 16.4 Å². The van der Waals surface area contributed by atoms with Crippen LogP contribution < -0.4 is 26.8 Å². The highest BCUT2D eigenvalue weighted by Crippen LogP contribution is 2.24. The number of hydrogen-bond acceptors (Lipinski definition) is 7. The Morgan fingerprint density at radius 1 is 1.10 bits per heavy atom. The van der Waals surface area contributed by atoms with Gasteiger partial charge in [0.25, 0.3) is 5.56 Å². The summed E-state index contributed by atoms with van der Waals surface area (Å²) in [5, 5.41) is 0. The Bertz CT molecular complexity index is 1630. The maximum absolute atomic E-state index is 13.9. The van der Waals surface area contributed by atoms with Gasteiger partial charge in [-0.25, -0.2) is 9.59 Å². The minimum Gasteiger partial charge on any atom is -0.341 e. The molecule has 2 amide bonds. The minimum absolute atomic E-state index is 0.00409. The van der Waals surface area contributed by atoms with Crippen LogP contribution in [0.5, 0.6) is 0 Å². The molecule has 2 N–H and O–H groups in total. The van der Waals surface area contributed by atoms with E-state index in [-0.39, 0.29) is 23.2 Å². The van der Waals surface area contributed by atoms with E-state index in [9.17, 15) is 19.2 Å². The van der Waals surface area contributed by atoms with Crippen molar-refractivity contribution in [3.05, 3.63) is 62.3 Å². The van der Waals surface area contributed by atoms with Gasteiger partial charge < -0.3 is 20.1 Å². The number of fused-ring (bicyclic) bond motifs is 1. The molecule has 40 heavy (non-hydrogen) atoms. The third-order valence-electron chi connectivity index (χ3n) is 7.63. The molecule has 2 aliphatic heterocycles. The van der Waals surface area contributed by atoms with E-state index in [0.29, 0.717) is 43.4 Å². The van der Waals surface area contributed by atoms with Crippen LogP contribution in [-0.4, -0.2) is 74.7 Å². The number of carbonyl (C=O) groups is 2. The molecule has 0 saturated carbocycles. The second-order valence-electron chi connectivity index (χ2n) is 10.9. The molecule has 12 heteroatoms. The van der Waals surface area contributed by atoms with E-state index in [4.69, 9.17) is 10.7 Å². The Morgan fingerprint density at radius 2 is 1.88 bits per heavy atom. The van der Waals surface area contributed by atoms with Crippen LogP contribution in [0.25, 0.3) is 11.2 Å². The van der Waals surface area contributed by atoms with Crippen LogP contribution >= 0.6 is 0 Å². The fourth-order valence-corrected chi connectivity index (χ4v) is 5.35. The van der Waals surface area contributed by atoms with Crippen molar-refractivity contribution in [1.82, 2.24) is 23.6 Å². The number of allylic oxidation sites excluding steroid dienone is 2. The zero-order valence-electron chi connectivity index (χ0n) is 23.5. The van der Waals surface area contributed by atoms with Crippen molar-refractivity contribution in [3.8, 4) is 0 Å². The van der Waals surface area contributed by atoms with Crippen molar-refractivity contribution in [2.75, 3.05) is 43.0 Å². The van der Waals surface area contributed by atoms with Crippen LogP contribution in [0.1, 0.15) is 37.0 Å². The van der Waals surface area contributed by atoms with Gasteiger partial charge in [0.2, 0.25) is 5.95 Å². The molecule has 0 spiro atoms. The summed E-state index contributed by atoms with van der Waals surface area (Å²) in [5.41, 5.74) is 7.58. The third-order valence-corrected chi connectivity index (χ3v) is 7.63. The zero-order valence-corrected chi connectivity index (χ0v) is 23.5. The molecule has 0 aliphatic carbocycles. The van der Waals surface area contributed by atoms with Gasteiger partial charge in [-0.05, 0) is 38.8 Å². The summed E-state index contributed by atoms with van der Waals surface area (Å²) in [5.74, 6) is 0.185. The number of urea groups is 1. The fourth-order valence-electron chi connectivity index (χ4n) is 5.35. The number of ketones is 1. The van der Waals surface area contributed by atoms with Crippen molar-refractivity contribution >= 4 is 34.6 Å². The van der Waals surface area contributed by atoms with Crippen LogP contribution in [0.2, 0.25) is 0 Å². The predicted octanol–water partition coefficient (Wildman–Crippen LogP) is 1.55. The van der Waals surface area contributed by atoms with Crippen molar-refractivity contribution in [2.45, 2.75) is 45.8 Å². The average molecular weight is 549 g/mol. The lowest BCUT2D eigenvalue weighted by molar-refractivity contribution is 0.0969. The number of anilines is 2. The summed E-state index contributed by atoms with van der Waals surface area (Å²) < 4.78 is 4.11. The summed E-state index contributed by atoms with van der Waals surface area (Å²) >= 11 is 0. The lowest BCUT2D eigenvalue weighted by Gasteiger charge is -2.31. The van der Waals surface area contributed by atoms with Gasteiger partial charge in [-0.3, -0.25) is 23.6 Å². The number of benzene rings is 1. The fraction of sp³-hybridized carbons (Fsp3) is 0.464. The number of aromatic nitrogens is 4. The van der Waals surface area contributed by atoms with E-state index in [1.54, 1.807) is 48.2 Å². The second-order valence-corrected chi connectivity index (χ2v) is 10.9. The molecular formula is C28H36N8O4. The monoisotopic (exact) mass is 548 g/mol. The molecule has 2 fully saturated rings. The van der Waals surface area contributed by atoms with Crippen molar-refractivity contribution < 1.29 is 9.59 Å². The number of imidazole rings is 1. The number of carbonyl (C=O) groups excluding carboxylic acids is 2. The number of rotatable bonds is 7. The van der Waals surface area contributed by atoms with E-state index in [0.717, 1.165) is 29.5 Å². The molecule has 0 radical (unpaired) electrons. The maximum Gasteiger partial charge on any atom is 0.332 e.